The first-order chi connectivity index (χ1) is 13.7. The lowest BCUT2D eigenvalue weighted by atomic mass is 10.1. The van der Waals surface area contributed by atoms with Crippen molar-refractivity contribution in [1.29, 1.82) is 0 Å². The molecule has 8 heteroatoms. The Morgan fingerprint density at radius 1 is 1.24 bits per heavy atom. The van der Waals surface area contributed by atoms with Crippen molar-refractivity contribution in [1.82, 2.24) is 20.1 Å². The second-order valence-corrected chi connectivity index (χ2v) is 8.72. The molecule has 0 amide bonds. The molecular formula is C21H39IN6S. The molecule has 2 aliphatic rings. The third-order valence-corrected chi connectivity index (χ3v) is 6.83. The molecule has 0 radical (unpaired) electrons. The monoisotopic (exact) mass is 534 g/mol. The van der Waals surface area contributed by atoms with Gasteiger partial charge in [0.05, 0.1) is 5.69 Å². The Hall–Kier alpha value is -0.610. The van der Waals surface area contributed by atoms with Gasteiger partial charge in [0.25, 0.3) is 0 Å². The first-order valence-electron chi connectivity index (χ1n) is 11.2. The second-order valence-electron chi connectivity index (χ2n) is 7.89. The van der Waals surface area contributed by atoms with Gasteiger partial charge in [-0.3, -0.25) is 4.99 Å². The Kier molecular flexibility index (Phi) is 11.0. The van der Waals surface area contributed by atoms with Crippen LogP contribution in [0.3, 0.4) is 0 Å². The molecule has 0 bridgehead atoms. The Morgan fingerprint density at radius 2 is 2.00 bits per heavy atom. The van der Waals surface area contributed by atoms with Crippen molar-refractivity contribution in [3.63, 3.8) is 0 Å². The number of guanidine groups is 1. The van der Waals surface area contributed by atoms with E-state index in [1.807, 2.05) is 0 Å². The minimum Gasteiger partial charge on any atom is -0.357 e. The first-order valence-corrected chi connectivity index (χ1v) is 12.1. The van der Waals surface area contributed by atoms with Crippen molar-refractivity contribution >= 4 is 46.4 Å². The van der Waals surface area contributed by atoms with Crippen molar-refractivity contribution < 1.29 is 0 Å². The fraction of sp³-hybridized carbons (Fsp3) is 0.810. The maximum Gasteiger partial charge on any atom is 0.193 e. The third kappa shape index (κ3) is 7.24. The fourth-order valence-electron chi connectivity index (χ4n) is 4.19. The lowest BCUT2D eigenvalue weighted by Crippen LogP contribution is -2.41. The van der Waals surface area contributed by atoms with E-state index in [4.69, 9.17) is 9.98 Å². The van der Waals surface area contributed by atoms with Crippen LogP contribution < -0.4 is 10.2 Å². The normalized spacial score (nSPS) is 19.9. The number of thiazole rings is 1. The van der Waals surface area contributed by atoms with E-state index >= 15 is 0 Å². The van der Waals surface area contributed by atoms with Gasteiger partial charge in [0.1, 0.15) is 0 Å². The van der Waals surface area contributed by atoms with Gasteiger partial charge in [-0.25, -0.2) is 4.98 Å². The molecule has 166 valence electrons. The predicted molar refractivity (Wildman–Crippen MR) is 136 cm³/mol. The van der Waals surface area contributed by atoms with Crippen LogP contribution in [0.4, 0.5) is 5.13 Å². The molecule has 0 aliphatic carbocycles. The van der Waals surface area contributed by atoms with Crippen LogP contribution >= 0.6 is 35.3 Å². The van der Waals surface area contributed by atoms with Gasteiger partial charge in [0, 0.05) is 57.6 Å². The maximum absolute atomic E-state index is 4.92. The molecule has 1 atom stereocenters. The van der Waals surface area contributed by atoms with E-state index in [0.717, 1.165) is 57.6 Å². The molecule has 3 heterocycles. The number of halogens is 1. The molecule has 0 saturated carbocycles. The van der Waals surface area contributed by atoms with Crippen molar-refractivity contribution in [3.8, 4) is 0 Å². The number of likely N-dealkylation sites (tertiary alicyclic amines) is 1. The number of rotatable bonds is 9. The number of anilines is 1. The van der Waals surface area contributed by atoms with Crippen LogP contribution in [0, 0.1) is 5.92 Å². The SMILES string of the molecule is CCNC(=NCCc1csc(N2CCCC2)n1)N1CCC(CN(CC)CC)C1.I. The molecule has 1 aromatic rings. The van der Waals surface area contributed by atoms with E-state index in [0.29, 0.717) is 0 Å². The van der Waals surface area contributed by atoms with Crippen molar-refractivity contribution in [2.75, 3.05) is 63.8 Å². The molecule has 1 unspecified atom stereocenters. The lowest BCUT2D eigenvalue weighted by Gasteiger charge is -2.24. The van der Waals surface area contributed by atoms with Crippen LogP contribution in [-0.4, -0.2) is 79.6 Å². The molecule has 0 aromatic carbocycles. The summed E-state index contributed by atoms with van der Waals surface area (Å²) in [4.78, 5) is 17.2. The summed E-state index contributed by atoms with van der Waals surface area (Å²) >= 11 is 1.79. The van der Waals surface area contributed by atoms with Crippen LogP contribution in [-0.2, 0) is 6.42 Å². The van der Waals surface area contributed by atoms with Crippen molar-refractivity contribution in [3.05, 3.63) is 11.1 Å². The fourth-order valence-corrected chi connectivity index (χ4v) is 5.10. The molecule has 2 aliphatic heterocycles. The maximum atomic E-state index is 4.92. The van der Waals surface area contributed by atoms with Gasteiger partial charge in [-0.2, -0.15) is 0 Å². The Balaban J connectivity index is 0.00000300. The van der Waals surface area contributed by atoms with Crippen LogP contribution in [0.25, 0.3) is 0 Å². The smallest absolute Gasteiger partial charge is 0.193 e. The summed E-state index contributed by atoms with van der Waals surface area (Å²) < 4.78 is 0. The van der Waals surface area contributed by atoms with E-state index in [2.05, 4.69) is 46.2 Å². The average molecular weight is 535 g/mol. The van der Waals surface area contributed by atoms with Crippen LogP contribution in [0.2, 0.25) is 0 Å². The van der Waals surface area contributed by atoms with Crippen molar-refractivity contribution in [2.45, 2.75) is 46.5 Å². The van der Waals surface area contributed by atoms with Gasteiger partial charge in [0.15, 0.2) is 11.1 Å². The summed E-state index contributed by atoms with van der Waals surface area (Å²) in [5.41, 5.74) is 1.19. The highest BCUT2D eigenvalue weighted by atomic mass is 127. The molecule has 1 N–H and O–H groups in total. The van der Waals surface area contributed by atoms with Crippen molar-refractivity contribution in [2.24, 2.45) is 10.9 Å². The van der Waals surface area contributed by atoms with Gasteiger partial charge in [-0.15, -0.1) is 35.3 Å². The predicted octanol–water partition coefficient (Wildman–Crippen LogP) is 3.53. The molecule has 29 heavy (non-hydrogen) atoms. The van der Waals surface area contributed by atoms with E-state index in [-0.39, 0.29) is 24.0 Å². The Morgan fingerprint density at radius 3 is 2.69 bits per heavy atom. The van der Waals surface area contributed by atoms with Crippen LogP contribution in [0.1, 0.15) is 45.7 Å². The van der Waals surface area contributed by atoms with E-state index < -0.39 is 0 Å². The highest BCUT2D eigenvalue weighted by molar-refractivity contribution is 14.0. The van der Waals surface area contributed by atoms with Gasteiger partial charge in [-0.05, 0) is 45.2 Å². The molecular weight excluding hydrogens is 495 g/mol. The summed E-state index contributed by atoms with van der Waals surface area (Å²) in [6.45, 7) is 16.5. The minimum absolute atomic E-state index is 0. The summed E-state index contributed by atoms with van der Waals surface area (Å²) in [6, 6.07) is 0. The zero-order valence-corrected chi connectivity index (χ0v) is 21.5. The highest BCUT2D eigenvalue weighted by Gasteiger charge is 2.26. The standard InChI is InChI=1S/C21H38N6S.HI/c1-4-22-20(27-14-10-18(16-27)15-25(5-2)6-3)23-11-9-19-17-28-21(24-19)26-12-7-8-13-26;/h17-18H,4-16H2,1-3H3,(H,22,23);1H. The zero-order valence-electron chi connectivity index (χ0n) is 18.4. The molecule has 6 nitrogen and oxygen atoms in total. The summed E-state index contributed by atoms with van der Waals surface area (Å²) in [5, 5.41) is 6.91. The average Bonchev–Trinajstić information content (AvgIpc) is 3.46. The molecule has 0 spiro atoms. The molecule has 2 fully saturated rings. The summed E-state index contributed by atoms with van der Waals surface area (Å²) in [7, 11) is 0. The Labute approximate surface area is 198 Å². The topological polar surface area (TPSA) is 47.0 Å². The molecule has 2 saturated heterocycles. The summed E-state index contributed by atoms with van der Waals surface area (Å²) in [5.74, 6) is 1.84. The van der Waals surface area contributed by atoms with E-state index in [1.165, 1.54) is 49.7 Å². The summed E-state index contributed by atoms with van der Waals surface area (Å²) in [6.07, 6.45) is 4.80. The lowest BCUT2D eigenvalue weighted by molar-refractivity contribution is 0.255. The Bertz CT molecular complexity index is 612. The van der Waals surface area contributed by atoms with Gasteiger partial charge >= 0.3 is 0 Å². The third-order valence-electron chi connectivity index (χ3n) is 5.88. The van der Waals surface area contributed by atoms with Crippen LogP contribution in [0.5, 0.6) is 0 Å². The quantitative estimate of drug-likeness (QED) is 0.299. The number of nitrogens with one attached hydrogen (secondary N) is 1. The number of nitrogens with zero attached hydrogens (tertiary/aromatic N) is 5. The van der Waals surface area contributed by atoms with Gasteiger partial charge in [-0.1, -0.05) is 13.8 Å². The second kappa shape index (κ2) is 12.9. The van der Waals surface area contributed by atoms with E-state index in [9.17, 15) is 0 Å². The number of aliphatic imine (C=N–C) groups is 1. The van der Waals surface area contributed by atoms with Crippen LogP contribution in [0.15, 0.2) is 10.4 Å². The molecule has 3 rings (SSSR count). The minimum atomic E-state index is 0. The number of hydrogen-bond donors (Lipinski definition) is 1. The van der Waals surface area contributed by atoms with E-state index in [1.54, 1.807) is 11.3 Å². The highest BCUT2D eigenvalue weighted by Crippen LogP contribution is 2.24. The largest absolute Gasteiger partial charge is 0.357 e. The molecule has 1 aromatic heterocycles. The zero-order chi connectivity index (χ0) is 19.8. The van der Waals surface area contributed by atoms with Gasteiger partial charge in [0.2, 0.25) is 0 Å². The number of hydrogen-bond acceptors (Lipinski definition) is 5. The number of aromatic nitrogens is 1. The first kappa shape index (κ1) is 24.7. The van der Waals surface area contributed by atoms with Gasteiger partial charge < -0.3 is 20.0 Å².